The second-order valence-corrected chi connectivity index (χ2v) is 10.9. The van der Waals surface area contributed by atoms with Crippen LogP contribution in [0.1, 0.15) is 32.0 Å². The van der Waals surface area contributed by atoms with E-state index in [0.717, 1.165) is 38.6 Å². The maximum absolute atomic E-state index is 12.7. The lowest BCUT2D eigenvalue weighted by Gasteiger charge is -2.24. The van der Waals surface area contributed by atoms with Gasteiger partial charge in [0, 0.05) is 33.7 Å². The molecule has 0 aliphatic rings. The average Bonchev–Trinajstić information content (AvgIpc) is 3.45. The van der Waals surface area contributed by atoms with Gasteiger partial charge in [0.05, 0.1) is 11.6 Å². The first kappa shape index (κ1) is 26.4. The highest BCUT2D eigenvalue weighted by atomic mass is 35.5. The molecule has 9 nitrogen and oxygen atoms in total. The lowest BCUT2D eigenvalue weighted by atomic mass is 10.0. The van der Waals surface area contributed by atoms with Crippen molar-refractivity contribution in [3.63, 3.8) is 0 Å². The predicted molar refractivity (Wildman–Crippen MR) is 154 cm³/mol. The second-order valence-electron chi connectivity index (χ2n) is 10.5. The summed E-state index contributed by atoms with van der Waals surface area (Å²) in [5.74, 6) is 0.528. The molecule has 3 heterocycles. The smallest absolute Gasteiger partial charge is 0.408 e. The fraction of sp³-hybridized carbons (Fsp3) is 0.276. The summed E-state index contributed by atoms with van der Waals surface area (Å²) in [6.45, 7) is 7.55. The fourth-order valence-corrected chi connectivity index (χ4v) is 4.75. The number of carbonyl (C=O) groups is 1. The molecule has 10 heteroatoms. The number of nitrogen functional groups attached to an aromatic ring is 1. The van der Waals surface area contributed by atoms with Crippen molar-refractivity contribution in [2.24, 2.45) is 0 Å². The molecule has 39 heavy (non-hydrogen) atoms. The molecule has 3 aromatic heterocycles. The van der Waals surface area contributed by atoms with E-state index in [-0.39, 0.29) is 17.6 Å². The first-order valence-corrected chi connectivity index (χ1v) is 13.0. The number of aryl methyl sites for hydroxylation is 1. The summed E-state index contributed by atoms with van der Waals surface area (Å²) in [6, 6.07) is 15.2. The van der Waals surface area contributed by atoms with Crippen molar-refractivity contribution in [3.8, 4) is 16.9 Å². The molecule has 0 aliphatic carbocycles. The molecule has 1 amide bonds. The zero-order chi connectivity index (χ0) is 27.7. The Labute approximate surface area is 231 Å². The molecule has 0 spiro atoms. The number of H-pyrrole nitrogens is 2. The Balaban J connectivity index is 1.40. The number of alkyl carbamates (subject to hydrolysis) is 1. The van der Waals surface area contributed by atoms with E-state index in [1.165, 1.54) is 0 Å². The van der Waals surface area contributed by atoms with Crippen molar-refractivity contribution in [2.45, 2.75) is 45.8 Å². The van der Waals surface area contributed by atoms with E-state index in [9.17, 15) is 4.79 Å². The van der Waals surface area contributed by atoms with Crippen LogP contribution >= 0.6 is 11.6 Å². The quantitative estimate of drug-likeness (QED) is 0.181. The minimum absolute atomic E-state index is 0.131. The summed E-state index contributed by atoms with van der Waals surface area (Å²) < 4.78 is 11.7. The number of hydrogen-bond acceptors (Lipinski definition) is 6. The Kier molecular flexibility index (Phi) is 7.10. The fourth-order valence-electron chi connectivity index (χ4n) is 4.49. The number of aromatic nitrogens is 4. The molecule has 5 rings (SSSR count). The molecule has 2 aromatic carbocycles. The Morgan fingerprint density at radius 2 is 1.95 bits per heavy atom. The Morgan fingerprint density at radius 1 is 1.15 bits per heavy atom. The van der Waals surface area contributed by atoms with Crippen molar-refractivity contribution in [2.75, 3.05) is 12.3 Å². The van der Waals surface area contributed by atoms with Gasteiger partial charge in [0.15, 0.2) is 11.6 Å². The summed E-state index contributed by atoms with van der Waals surface area (Å²) in [4.78, 5) is 20.3. The number of nitrogens with zero attached hydrogens (tertiary/aromatic N) is 2. The van der Waals surface area contributed by atoms with Gasteiger partial charge in [0.1, 0.15) is 17.4 Å². The van der Waals surface area contributed by atoms with Crippen LogP contribution in [-0.4, -0.2) is 44.5 Å². The van der Waals surface area contributed by atoms with Crippen molar-refractivity contribution in [3.05, 3.63) is 71.1 Å². The van der Waals surface area contributed by atoms with Crippen LogP contribution in [0.4, 0.5) is 10.6 Å². The Bertz CT molecular complexity index is 1650. The molecule has 0 saturated heterocycles. The van der Waals surface area contributed by atoms with E-state index >= 15 is 0 Å². The highest BCUT2D eigenvalue weighted by molar-refractivity contribution is 6.32. The maximum Gasteiger partial charge on any atom is 0.408 e. The lowest BCUT2D eigenvalue weighted by molar-refractivity contribution is 0.0488. The van der Waals surface area contributed by atoms with E-state index in [0.29, 0.717) is 17.7 Å². The first-order valence-electron chi connectivity index (χ1n) is 12.7. The van der Waals surface area contributed by atoms with Gasteiger partial charge in [-0.05, 0) is 69.5 Å². The van der Waals surface area contributed by atoms with E-state index in [1.807, 2.05) is 76.4 Å². The number of nitrogens with one attached hydrogen (secondary N) is 3. The summed E-state index contributed by atoms with van der Waals surface area (Å²) >= 11 is 6.50. The summed E-state index contributed by atoms with van der Waals surface area (Å²) in [7, 11) is 0. The number of aromatic amines is 2. The predicted octanol–water partition coefficient (Wildman–Crippen LogP) is 6.17. The van der Waals surface area contributed by atoms with Crippen molar-refractivity contribution < 1.29 is 14.3 Å². The first-order chi connectivity index (χ1) is 18.6. The summed E-state index contributed by atoms with van der Waals surface area (Å²) in [6.07, 6.45) is 1.93. The van der Waals surface area contributed by atoms with Crippen molar-refractivity contribution in [1.29, 1.82) is 0 Å². The highest BCUT2D eigenvalue weighted by Crippen LogP contribution is 2.35. The number of hydrogen-bond donors (Lipinski definition) is 4. The van der Waals surface area contributed by atoms with Crippen molar-refractivity contribution >= 4 is 45.3 Å². The van der Waals surface area contributed by atoms with Crippen LogP contribution in [0.3, 0.4) is 0 Å². The number of rotatable bonds is 7. The number of anilines is 1. The maximum atomic E-state index is 12.7. The molecule has 0 radical (unpaired) electrons. The number of carbonyl (C=O) groups excluding carboxylic acids is 1. The number of nitrogens with two attached hydrogens (primary N) is 1. The van der Waals surface area contributed by atoms with Crippen LogP contribution in [-0.2, 0) is 11.2 Å². The monoisotopic (exact) mass is 546 g/mol. The van der Waals surface area contributed by atoms with Crippen LogP contribution in [0.15, 0.2) is 54.7 Å². The molecule has 0 fully saturated rings. The number of amides is 1. The molecule has 0 unspecified atom stereocenters. The Hall–Kier alpha value is -4.24. The van der Waals surface area contributed by atoms with Gasteiger partial charge in [-0.25, -0.2) is 9.78 Å². The zero-order valence-corrected chi connectivity index (χ0v) is 23.0. The molecule has 1 atom stereocenters. The van der Waals surface area contributed by atoms with Gasteiger partial charge >= 0.3 is 6.09 Å². The molecule has 5 aromatic rings. The molecule has 0 bridgehead atoms. The number of benzene rings is 2. The van der Waals surface area contributed by atoms with Gasteiger partial charge in [0.2, 0.25) is 0 Å². The molecule has 0 aliphatic heterocycles. The van der Waals surface area contributed by atoms with Gasteiger partial charge in [-0.2, -0.15) is 5.10 Å². The summed E-state index contributed by atoms with van der Waals surface area (Å²) in [5, 5.41) is 12.6. The average molecular weight is 547 g/mol. The minimum atomic E-state index is -0.635. The third-order valence-electron chi connectivity index (χ3n) is 6.33. The number of fused-ring (bicyclic) bond motifs is 2. The Morgan fingerprint density at radius 3 is 2.74 bits per heavy atom. The van der Waals surface area contributed by atoms with E-state index in [1.54, 1.807) is 6.07 Å². The molecular weight excluding hydrogens is 516 g/mol. The number of para-hydroxylation sites is 1. The minimum Gasteiger partial charge on any atom is -0.488 e. The lowest BCUT2D eigenvalue weighted by Crippen LogP contribution is -2.43. The highest BCUT2D eigenvalue weighted by Gasteiger charge is 2.22. The molecular formula is C29H31ClN6O3. The number of halogens is 1. The molecule has 202 valence electrons. The van der Waals surface area contributed by atoms with Crippen LogP contribution in [0.5, 0.6) is 5.75 Å². The normalized spacial score (nSPS) is 12.5. The largest absolute Gasteiger partial charge is 0.488 e. The van der Waals surface area contributed by atoms with E-state index in [4.69, 9.17) is 26.8 Å². The van der Waals surface area contributed by atoms with Crippen LogP contribution in [0.25, 0.3) is 32.9 Å². The number of pyridine rings is 1. The van der Waals surface area contributed by atoms with Crippen LogP contribution in [0, 0.1) is 6.92 Å². The SMILES string of the molecule is Cc1[nH]nc2ccc(-c3cc(OC[C@H](Cc4c[nH]c5ccccc45)NC(=O)OC(C)(C)C)c(N)nc3Cl)cc12. The van der Waals surface area contributed by atoms with E-state index < -0.39 is 17.7 Å². The standard InChI is InChI=1S/C29H31ClN6O3/c1-16-21-12-17(9-10-24(21)36-35-16)22-13-25(27(31)34-26(22)30)38-15-19(33-28(37)39-29(2,3)4)11-18-14-32-23-8-6-5-7-20(18)23/h5-10,12-14,19,32H,11,15H2,1-4H3,(H2,31,34)(H,33,37)(H,35,36)/t19-/m0/s1. The number of ether oxygens (including phenoxy) is 2. The third kappa shape index (κ3) is 5.93. The second kappa shape index (κ2) is 10.5. The van der Waals surface area contributed by atoms with Gasteiger partial charge < -0.3 is 25.5 Å². The third-order valence-corrected chi connectivity index (χ3v) is 6.61. The van der Waals surface area contributed by atoms with Crippen LogP contribution < -0.4 is 15.8 Å². The van der Waals surface area contributed by atoms with Gasteiger partial charge in [-0.15, -0.1) is 0 Å². The molecule has 0 saturated carbocycles. The molecule has 5 N–H and O–H groups in total. The topological polar surface area (TPSA) is 131 Å². The van der Waals surface area contributed by atoms with Crippen LogP contribution in [0.2, 0.25) is 5.15 Å². The van der Waals surface area contributed by atoms with Gasteiger partial charge in [0.25, 0.3) is 0 Å². The van der Waals surface area contributed by atoms with Gasteiger partial charge in [-0.3, -0.25) is 5.10 Å². The van der Waals surface area contributed by atoms with E-state index in [2.05, 4.69) is 25.5 Å². The zero-order valence-electron chi connectivity index (χ0n) is 22.3. The van der Waals surface area contributed by atoms with Gasteiger partial charge in [-0.1, -0.05) is 35.9 Å². The summed E-state index contributed by atoms with van der Waals surface area (Å²) in [5.41, 5.74) is 11.0. The van der Waals surface area contributed by atoms with Crippen molar-refractivity contribution in [1.82, 2.24) is 25.5 Å².